The molecule has 0 unspecified atom stereocenters. The van der Waals surface area contributed by atoms with Crippen molar-refractivity contribution in [3.63, 3.8) is 0 Å². The van der Waals surface area contributed by atoms with Gasteiger partial charge in [0.25, 0.3) is 0 Å². The third-order valence-corrected chi connectivity index (χ3v) is 2.28. The van der Waals surface area contributed by atoms with Gasteiger partial charge in [-0.2, -0.15) is 0 Å². The van der Waals surface area contributed by atoms with Crippen LogP contribution in [-0.2, 0) is 4.74 Å². The van der Waals surface area contributed by atoms with Crippen LogP contribution in [0.25, 0.3) is 0 Å². The van der Waals surface area contributed by atoms with Gasteiger partial charge in [-0.3, -0.25) is 4.90 Å². The van der Waals surface area contributed by atoms with E-state index in [-0.39, 0.29) is 6.09 Å². The number of ether oxygens (including phenoxy) is 1. The maximum atomic E-state index is 11.3. The van der Waals surface area contributed by atoms with E-state index in [0.29, 0.717) is 6.61 Å². The number of rotatable bonds is 2. The van der Waals surface area contributed by atoms with E-state index in [9.17, 15) is 4.79 Å². The van der Waals surface area contributed by atoms with Crippen molar-refractivity contribution in [1.82, 2.24) is 0 Å². The highest BCUT2D eigenvalue weighted by Crippen LogP contribution is 2.17. The Balaban J connectivity index is 2.73. The van der Waals surface area contributed by atoms with Gasteiger partial charge in [0.15, 0.2) is 0 Å². The van der Waals surface area contributed by atoms with Gasteiger partial charge in [0.05, 0.1) is 6.61 Å². The molecule has 0 aliphatic rings. The fourth-order valence-electron chi connectivity index (χ4n) is 0.990. The highest BCUT2D eigenvalue weighted by atomic mass is 79.9. The van der Waals surface area contributed by atoms with E-state index in [1.807, 2.05) is 24.3 Å². The van der Waals surface area contributed by atoms with Gasteiger partial charge in [-0.05, 0) is 31.2 Å². The summed E-state index contributed by atoms with van der Waals surface area (Å²) in [5, 5.41) is 0. The van der Waals surface area contributed by atoms with E-state index in [1.165, 1.54) is 4.90 Å². The van der Waals surface area contributed by atoms with Gasteiger partial charge < -0.3 is 4.74 Å². The molecule has 0 aliphatic heterocycles. The predicted molar refractivity (Wildman–Crippen MR) is 59.6 cm³/mol. The largest absolute Gasteiger partial charge is 0.449 e. The Kier molecular flexibility index (Phi) is 3.95. The van der Waals surface area contributed by atoms with Gasteiger partial charge in [-0.1, -0.05) is 15.9 Å². The summed E-state index contributed by atoms with van der Waals surface area (Å²) in [4.78, 5) is 12.8. The van der Waals surface area contributed by atoms with Crippen molar-refractivity contribution in [2.24, 2.45) is 0 Å². The summed E-state index contributed by atoms with van der Waals surface area (Å²) in [7, 11) is 1.68. The maximum Gasteiger partial charge on any atom is 0.413 e. The summed E-state index contributed by atoms with van der Waals surface area (Å²) in [6, 6.07) is 7.46. The number of amides is 1. The van der Waals surface area contributed by atoms with Crippen molar-refractivity contribution in [3.8, 4) is 0 Å². The molecule has 0 radical (unpaired) electrons. The molecule has 76 valence electrons. The van der Waals surface area contributed by atoms with Crippen LogP contribution in [-0.4, -0.2) is 19.7 Å². The molecule has 1 amide bonds. The summed E-state index contributed by atoms with van der Waals surface area (Å²) < 4.78 is 5.85. The summed E-state index contributed by atoms with van der Waals surface area (Å²) >= 11 is 3.33. The monoisotopic (exact) mass is 257 g/mol. The lowest BCUT2D eigenvalue weighted by molar-refractivity contribution is 0.161. The standard InChI is InChI=1S/C10H12BrNO2/c1-3-14-10(13)12(2)9-6-4-8(11)5-7-9/h4-7H,3H2,1-2H3. The topological polar surface area (TPSA) is 29.5 Å². The van der Waals surface area contributed by atoms with Crippen molar-refractivity contribution >= 4 is 27.7 Å². The molecule has 3 nitrogen and oxygen atoms in total. The average molecular weight is 258 g/mol. The van der Waals surface area contributed by atoms with Crippen molar-refractivity contribution in [2.45, 2.75) is 6.92 Å². The third-order valence-electron chi connectivity index (χ3n) is 1.76. The van der Waals surface area contributed by atoms with Crippen molar-refractivity contribution in [2.75, 3.05) is 18.6 Å². The average Bonchev–Trinajstić information content (AvgIpc) is 2.18. The molecule has 0 fully saturated rings. The number of benzene rings is 1. The van der Waals surface area contributed by atoms with Crippen LogP contribution in [0.1, 0.15) is 6.92 Å². The molecule has 0 saturated carbocycles. The van der Waals surface area contributed by atoms with Crippen LogP contribution in [0.2, 0.25) is 0 Å². The van der Waals surface area contributed by atoms with E-state index in [4.69, 9.17) is 4.74 Å². The molecular formula is C10H12BrNO2. The highest BCUT2D eigenvalue weighted by Gasteiger charge is 2.10. The van der Waals surface area contributed by atoms with Crippen LogP contribution < -0.4 is 4.90 Å². The number of carbonyl (C=O) groups excluding carboxylic acids is 1. The minimum Gasteiger partial charge on any atom is -0.449 e. The molecule has 0 N–H and O–H groups in total. The minimum atomic E-state index is -0.338. The first-order valence-corrected chi connectivity index (χ1v) is 5.10. The van der Waals surface area contributed by atoms with E-state index < -0.39 is 0 Å². The smallest absolute Gasteiger partial charge is 0.413 e. The molecule has 4 heteroatoms. The number of hydrogen-bond acceptors (Lipinski definition) is 2. The van der Waals surface area contributed by atoms with Gasteiger partial charge in [0.2, 0.25) is 0 Å². The molecule has 0 aliphatic carbocycles. The summed E-state index contributed by atoms with van der Waals surface area (Å²) in [5.41, 5.74) is 0.812. The van der Waals surface area contributed by atoms with Crippen LogP contribution in [0.5, 0.6) is 0 Å². The number of anilines is 1. The number of halogens is 1. The van der Waals surface area contributed by atoms with Gasteiger partial charge in [-0.25, -0.2) is 4.79 Å². The normalized spacial score (nSPS) is 9.64. The Morgan fingerprint density at radius 2 is 2.00 bits per heavy atom. The molecule has 0 saturated heterocycles. The van der Waals surface area contributed by atoms with Crippen molar-refractivity contribution in [1.29, 1.82) is 0 Å². The first kappa shape index (κ1) is 11.0. The molecule has 0 heterocycles. The molecule has 0 atom stereocenters. The van der Waals surface area contributed by atoms with Gasteiger partial charge in [0, 0.05) is 17.2 Å². The predicted octanol–water partition coefficient (Wildman–Crippen LogP) is 3.04. The van der Waals surface area contributed by atoms with Gasteiger partial charge in [-0.15, -0.1) is 0 Å². The molecule has 1 aromatic carbocycles. The lowest BCUT2D eigenvalue weighted by Crippen LogP contribution is -2.26. The minimum absolute atomic E-state index is 0.338. The van der Waals surface area contributed by atoms with Crippen LogP contribution in [0.3, 0.4) is 0 Å². The SMILES string of the molecule is CCOC(=O)N(C)c1ccc(Br)cc1. The zero-order chi connectivity index (χ0) is 10.6. The molecule has 0 aromatic heterocycles. The first-order valence-electron chi connectivity index (χ1n) is 4.31. The second kappa shape index (κ2) is 5.00. The van der Waals surface area contributed by atoms with E-state index >= 15 is 0 Å². The fraction of sp³-hybridized carbons (Fsp3) is 0.300. The van der Waals surface area contributed by atoms with E-state index in [1.54, 1.807) is 14.0 Å². The Morgan fingerprint density at radius 3 is 2.50 bits per heavy atom. The molecular weight excluding hydrogens is 246 g/mol. The molecule has 14 heavy (non-hydrogen) atoms. The summed E-state index contributed by atoms with van der Waals surface area (Å²) in [5.74, 6) is 0. The summed E-state index contributed by atoms with van der Waals surface area (Å²) in [6.07, 6.45) is -0.338. The highest BCUT2D eigenvalue weighted by molar-refractivity contribution is 9.10. The molecule has 1 aromatic rings. The lowest BCUT2D eigenvalue weighted by Gasteiger charge is -2.16. The first-order chi connectivity index (χ1) is 6.65. The van der Waals surface area contributed by atoms with Gasteiger partial charge >= 0.3 is 6.09 Å². The fourth-order valence-corrected chi connectivity index (χ4v) is 1.25. The van der Waals surface area contributed by atoms with E-state index in [2.05, 4.69) is 15.9 Å². The van der Waals surface area contributed by atoms with Gasteiger partial charge in [0.1, 0.15) is 0 Å². The zero-order valence-electron chi connectivity index (χ0n) is 8.16. The van der Waals surface area contributed by atoms with E-state index in [0.717, 1.165) is 10.2 Å². The van der Waals surface area contributed by atoms with Crippen LogP contribution >= 0.6 is 15.9 Å². The Morgan fingerprint density at radius 1 is 1.43 bits per heavy atom. The molecule has 1 rings (SSSR count). The number of hydrogen-bond donors (Lipinski definition) is 0. The number of nitrogens with zero attached hydrogens (tertiary/aromatic N) is 1. The number of carbonyl (C=O) groups is 1. The maximum absolute atomic E-state index is 11.3. The molecule has 0 bridgehead atoms. The Hall–Kier alpha value is -1.03. The van der Waals surface area contributed by atoms with Crippen molar-refractivity contribution in [3.05, 3.63) is 28.7 Å². The zero-order valence-corrected chi connectivity index (χ0v) is 9.74. The Bertz CT molecular complexity index is 310. The summed E-state index contributed by atoms with van der Waals surface area (Å²) in [6.45, 7) is 2.17. The third kappa shape index (κ3) is 2.73. The second-order valence-corrected chi connectivity index (χ2v) is 3.65. The lowest BCUT2D eigenvalue weighted by atomic mass is 10.3. The quantitative estimate of drug-likeness (QED) is 0.815. The van der Waals surface area contributed by atoms with Crippen molar-refractivity contribution < 1.29 is 9.53 Å². The van der Waals surface area contributed by atoms with Crippen LogP contribution in [0.15, 0.2) is 28.7 Å². The molecule has 0 spiro atoms. The Labute approximate surface area is 91.8 Å². The van der Waals surface area contributed by atoms with Crippen LogP contribution in [0.4, 0.5) is 10.5 Å². The van der Waals surface area contributed by atoms with Crippen LogP contribution in [0, 0.1) is 0 Å². The second-order valence-electron chi connectivity index (χ2n) is 2.73.